The minimum Gasteiger partial charge on any atom is -0.382 e. The number of likely N-dealkylation sites (tertiary alicyclic amines) is 1. The first-order valence-electron chi connectivity index (χ1n) is 7.86. The van der Waals surface area contributed by atoms with Crippen LogP contribution in [0.4, 0.5) is 5.69 Å². The maximum Gasteiger partial charge on any atom is 0.0343 e. The Hall–Kier alpha value is -0.670. The van der Waals surface area contributed by atoms with Gasteiger partial charge in [0, 0.05) is 23.2 Å². The normalized spacial score (nSPS) is 21.6. The van der Waals surface area contributed by atoms with Crippen LogP contribution in [-0.4, -0.2) is 36.8 Å². The Kier molecular flexibility index (Phi) is 6.24. The summed E-state index contributed by atoms with van der Waals surface area (Å²) in [6.07, 6.45) is 6.10. The molecule has 1 aliphatic rings. The maximum absolute atomic E-state index is 3.69. The molecule has 1 aromatic rings. The van der Waals surface area contributed by atoms with Gasteiger partial charge in [-0.15, -0.1) is 11.8 Å². The fraction of sp³-hybridized carbons (Fsp3) is 0.647. The van der Waals surface area contributed by atoms with Crippen LogP contribution in [-0.2, 0) is 0 Å². The summed E-state index contributed by atoms with van der Waals surface area (Å²) in [5, 5.41) is 3.69. The molecule has 1 N–H and O–H groups in total. The highest BCUT2D eigenvalue weighted by Crippen LogP contribution is 2.24. The van der Waals surface area contributed by atoms with Crippen LogP contribution in [0.3, 0.4) is 0 Å². The fourth-order valence-electron chi connectivity index (χ4n) is 3.09. The van der Waals surface area contributed by atoms with Crippen molar-refractivity contribution in [2.75, 3.05) is 31.2 Å². The zero-order chi connectivity index (χ0) is 14.4. The van der Waals surface area contributed by atoms with Crippen LogP contribution in [0.1, 0.15) is 33.1 Å². The Morgan fingerprint density at radius 1 is 1.35 bits per heavy atom. The van der Waals surface area contributed by atoms with Gasteiger partial charge in [-0.2, -0.15) is 0 Å². The molecule has 1 aromatic carbocycles. The molecule has 1 heterocycles. The summed E-state index contributed by atoms with van der Waals surface area (Å²) in [6.45, 7) is 8.41. The Bertz CT molecular complexity index is 388. The second-order valence-electron chi connectivity index (χ2n) is 5.86. The molecule has 0 amide bonds. The van der Waals surface area contributed by atoms with E-state index in [0.29, 0.717) is 6.04 Å². The molecule has 0 bridgehead atoms. The first kappa shape index (κ1) is 15.7. The van der Waals surface area contributed by atoms with Crippen molar-refractivity contribution in [1.82, 2.24) is 4.90 Å². The van der Waals surface area contributed by atoms with Gasteiger partial charge in [-0.05, 0) is 75.7 Å². The Morgan fingerprint density at radius 3 is 2.75 bits per heavy atom. The monoisotopic (exact) mass is 292 g/mol. The summed E-state index contributed by atoms with van der Waals surface area (Å²) in [7, 11) is 0. The van der Waals surface area contributed by atoms with Gasteiger partial charge in [0.1, 0.15) is 0 Å². The van der Waals surface area contributed by atoms with E-state index < -0.39 is 0 Å². The third-order valence-corrected chi connectivity index (χ3v) is 5.02. The second kappa shape index (κ2) is 7.94. The molecule has 2 unspecified atom stereocenters. The molecule has 3 heteroatoms. The van der Waals surface area contributed by atoms with Crippen molar-refractivity contribution in [3.63, 3.8) is 0 Å². The Labute approximate surface area is 128 Å². The van der Waals surface area contributed by atoms with Crippen LogP contribution >= 0.6 is 11.8 Å². The number of hydrogen-bond acceptors (Lipinski definition) is 3. The predicted molar refractivity (Wildman–Crippen MR) is 90.8 cm³/mol. The van der Waals surface area contributed by atoms with Gasteiger partial charge < -0.3 is 10.2 Å². The molecular formula is C17H28N2S. The van der Waals surface area contributed by atoms with Crippen molar-refractivity contribution in [3.8, 4) is 0 Å². The van der Waals surface area contributed by atoms with E-state index in [1.165, 1.54) is 49.5 Å². The number of rotatable bonds is 6. The molecule has 20 heavy (non-hydrogen) atoms. The van der Waals surface area contributed by atoms with Crippen LogP contribution in [0.2, 0.25) is 0 Å². The maximum atomic E-state index is 3.69. The summed E-state index contributed by atoms with van der Waals surface area (Å²) in [6, 6.07) is 9.35. The smallest absolute Gasteiger partial charge is 0.0343 e. The van der Waals surface area contributed by atoms with E-state index in [0.717, 1.165) is 5.92 Å². The highest BCUT2D eigenvalue weighted by atomic mass is 32.2. The first-order chi connectivity index (χ1) is 9.72. The number of anilines is 1. The van der Waals surface area contributed by atoms with E-state index in [2.05, 4.69) is 54.6 Å². The third kappa shape index (κ3) is 4.42. The number of nitrogens with zero attached hydrogens (tertiary/aromatic N) is 1. The molecule has 0 saturated carbocycles. The summed E-state index contributed by atoms with van der Waals surface area (Å²) in [5.41, 5.74) is 1.25. The zero-order valence-corrected chi connectivity index (χ0v) is 13.9. The average molecular weight is 292 g/mol. The van der Waals surface area contributed by atoms with Gasteiger partial charge in [-0.1, -0.05) is 6.92 Å². The molecule has 1 saturated heterocycles. The lowest BCUT2D eigenvalue weighted by Crippen LogP contribution is -2.42. The number of nitrogens with one attached hydrogen (secondary N) is 1. The van der Waals surface area contributed by atoms with Crippen LogP contribution in [0, 0.1) is 5.92 Å². The van der Waals surface area contributed by atoms with E-state index >= 15 is 0 Å². The van der Waals surface area contributed by atoms with Crippen molar-refractivity contribution in [2.24, 2.45) is 5.92 Å². The predicted octanol–water partition coefficient (Wildman–Crippen LogP) is 4.33. The number of thioether (sulfide) groups is 1. The highest BCUT2D eigenvalue weighted by Gasteiger charge is 2.23. The van der Waals surface area contributed by atoms with Crippen LogP contribution in [0.5, 0.6) is 0 Å². The van der Waals surface area contributed by atoms with Crippen molar-refractivity contribution < 1.29 is 0 Å². The van der Waals surface area contributed by atoms with Gasteiger partial charge >= 0.3 is 0 Å². The van der Waals surface area contributed by atoms with Crippen LogP contribution in [0.25, 0.3) is 0 Å². The second-order valence-corrected chi connectivity index (χ2v) is 6.74. The molecule has 112 valence electrons. The lowest BCUT2D eigenvalue weighted by molar-refractivity contribution is 0.165. The van der Waals surface area contributed by atoms with Gasteiger partial charge in [0.2, 0.25) is 0 Å². The summed E-state index contributed by atoms with van der Waals surface area (Å²) < 4.78 is 0. The van der Waals surface area contributed by atoms with Crippen LogP contribution < -0.4 is 5.32 Å². The quantitative estimate of drug-likeness (QED) is 0.786. The molecule has 0 radical (unpaired) electrons. The minimum absolute atomic E-state index is 0.551. The largest absolute Gasteiger partial charge is 0.382 e. The topological polar surface area (TPSA) is 15.3 Å². The van der Waals surface area contributed by atoms with E-state index in [1.54, 1.807) is 11.8 Å². The third-order valence-electron chi connectivity index (χ3n) is 4.27. The van der Waals surface area contributed by atoms with E-state index in [4.69, 9.17) is 0 Å². The van der Waals surface area contributed by atoms with E-state index in [9.17, 15) is 0 Å². The van der Waals surface area contributed by atoms with Gasteiger partial charge in [-0.25, -0.2) is 0 Å². The number of piperidine rings is 1. The van der Waals surface area contributed by atoms with Gasteiger partial charge in [0.05, 0.1) is 0 Å². The molecule has 0 spiro atoms. The molecule has 2 rings (SSSR count). The van der Waals surface area contributed by atoms with Crippen molar-refractivity contribution in [1.29, 1.82) is 0 Å². The Balaban J connectivity index is 1.88. The SMILES string of the molecule is CCCN1CCCC(C(C)Nc2ccc(SC)cc2)C1. The lowest BCUT2D eigenvalue weighted by Gasteiger charge is -2.36. The van der Waals surface area contributed by atoms with E-state index in [-0.39, 0.29) is 0 Å². The molecule has 0 aromatic heterocycles. The standard InChI is InChI=1S/C17H28N2S/c1-4-11-19-12-5-6-15(13-19)14(2)18-16-7-9-17(20-3)10-8-16/h7-10,14-15,18H,4-6,11-13H2,1-3H3. The van der Waals surface area contributed by atoms with Crippen LogP contribution in [0.15, 0.2) is 29.2 Å². The van der Waals surface area contributed by atoms with E-state index in [1.807, 2.05) is 0 Å². The summed E-state index contributed by atoms with van der Waals surface area (Å²) in [5.74, 6) is 0.774. The van der Waals surface area contributed by atoms with Crippen molar-refractivity contribution in [2.45, 2.75) is 44.0 Å². The van der Waals surface area contributed by atoms with Gasteiger partial charge in [-0.3, -0.25) is 0 Å². The summed E-state index contributed by atoms with van der Waals surface area (Å²) in [4.78, 5) is 3.96. The zero-order valence-electron chi connectivity index (χ0n) is 13.1. The molecule has 2 atom stereocenters. The molecule has 2 nitrogen and oxygen atoms in total. The summed E-state index contributed by atoms with van der Waals surface area (Å²) >= 11 is 1.80. The number of benzene rings is 1. The van der Waals surface area contributed by atoms with Gasteiger partial charge in [0.25, 0.3) is 0 Å². The average Bonchev–Trinajstić information content (AvgIpc) is 2.48. The molecule has 0 aliphatic carbocycles. The van der Waals surface area contributed by atoms with Crippen molar-refractivity contribution in [3.05, 3.63) is 24.3 Å². The minimum atomic E-state index is 0.551. The molecule has 1 fully saturated rings. The van der Waals surface area contributed by atoms with Gasteiger partial charge in [0.15, 0.2) is 0 Å². The highest BCUT2D eigenvalue weighted by molar-refractivity contribution is 7.98. The number of hydrogen-bond donors (Lipinski definition) is 1. The van der Waals surface area contributed by atoms with Crippen molar-refractivity contribution >= 4 is 17.4 Å². The first-order valence-corrected chi connectivity index (χ1v) is 9.08. The molecular weight excluding hydrogens is 264 g/mol. The lowest BCUT2D eigenvalue weighted by atomic mass is 9.91. The molecule has 1 aliphatic heterocycles. The Morgan fingerprint density at radius 2 is 2.10 bits per heavy atom. The fourth-order valence-corrected chi connectivity index (χ4v) is 3.49.